The Morgan fingerprint density at radius 1 is 1.28 bits per heavy atom. The van der Waals surface area contributed by atoms with Gasteiger partial charge >= 0.3 is 0 Å². The van der Waals surface area contributed by atoms with Gasteiger partial charge in [0.15, 0.2) is 0 Å². The average molecular weight is 247 g/mol. The molecule has 1 atom stereocenters. The molecule has 1 aromatic heterocycles. The second-order valence-electron chi connectivity index (χ2n) is 5.56. The second-order valence-corrected chi connectivity index (χ2v) is 5.56. The van der Waals surface area contributed by atoms with Crippen LogP contribution in [0.25, 0.3) is 0 Å². The van der Waals surface area contributed by atoms with E-state index in [1.807, 2.05) is 12.3 Å². The van der Waals surface area contributed by atoms with Crippen LogP contribution in [0, 0.1) is 11.8 Å². The summed E-state index contributed by atoms with van der Waals surface area (Å²) in [5.74, 6) is 1.33. The third-order valence-corrected chi connectivity index (χ3v) is 4.56. The molecule has 0 aliphatic heterocycles. The molecule has 1 aliphatic carbocycles. The fraction of sp³-hybridized carbons (Fsp3) is 0.688. The number of aliphatic hydroxyl groups excluding tert-OH is 1. The van der Waals surface area contributed by atoms with Gasteiger partial charge in [0.1, 0.15) is 0 Å². The molecule has 0 radical (unpaired) electrons. The lowest BCUT2D eigenvalue weighted by Crippen LogP contribution is -2.21. The van der Waals surface area contributed by atoms with Crippen LogP contribution in [0.15, 0.2) is 18.5 Å². The largest absolute Gasteiger partial charge is 0.388 e. The summed E-state index contributed by atoms with van der Waals surface area (Å²) in [5, 5.41) is 10.6. The third-order valence-electron chi connectivity index (χ3n) is 4.56. The molecule has 0 bridgehead atoms. The lowest BCUT2D eigenvalue weighted by atomic mass is 9.76. The Kier molecular flexibility index (Phi) is 4.76. The maximum Gasteiger partial charge on any atom is 0.0821 e. The van der Waals surface area contributed by atoms with Crippen LogP contribution in [0.5, 0.6) is 0 Å². The minimum absolute atomic E-state index is 0.291. The summed E-state index contributed by atoms with van der Waals surface area (Å²) in [4.78, 5) is 4.16. The van der Waals surface area contributed by atoms with Crippen molar-refractivity contribution in [3.8, 4) is 0 Å². The maximum absolute atomic E-state index is 10.6. The van der Waals surface area contributed by atoms with Crippen molar-refractivity contribution in [2.75, 3.05) is 0 Å². The van der Waals surface area contributed by atoms with E-state index in [-0.39, 0.29) is 6.10 Å². The van der Waals surface area contributed by atoms with Crippen LogP contribution in [0.1, 0.15) is 63.2 Å². The SMILES string of the molecule is CCc1cnccc1C(O)C1CCC(CC)CC1. The van der Waals surface area contributed by atoms with Crippen molar-refractivity contribution < 1.29 is 5.11 Å². The predicted molar refractivity (Wildman–Crippen MR) is 74.3 cm³/mol. The summed E-state index contributed by atoms with van der Waals surface area (Å²) in [5.41, 5.74) is 2.30. The molecule has 18 heavy (non-hydrogen) atoms. The quantitative estimate of drug-likeness (QED) is 0.875. The summed E-state index contributed by atoms with van der Waals surface area (Å²) in [6.45, 7) is 4.40. The fourth-order valence-corrected chi connectivity index (χ4v) is 3.19. The lowest BCUT2D eigenvalue weighted by molar-refractivity contribution is 0.0722. The number of nitrogens with zero attached hydrogens (tertiary/aromatic N) is 1. The van der Waals surface area contributed by atoms with Gasteiger partial charge in [0.25, 0.3) is 0 Å². The molecule has 0 amide bonds. The van der Waals surface area contributed by atoms with Crippen molar-refractivity contribution in [1.82, 2.24) is 4.98 Å². The smallest absolute Gasteiger partial charge is 0.0821 e. The maximum atomic E-state index is 10.6. The van der Waals surface area contributed by atoms with Gasteiger partial charge < -0.3 is 5.11 Å². The van der Waals surface area contributed by atoms with E-state index >= 15 is 0 Å². The van der Waals surface area contributed by atoms with E-state index in [9.17, 15) is 5.11 Å². The molecule has 1 heterocycles. The summed E-state index contributed by atoms with van der Waals surface area (Å²) >= 11 is 0. The number of hydrogen-bond acceptors (Lipinski definition) is 2. The molecule has 0 saturated heterocycles. The monoisotopic (exact) mass is 247 g/mol. The van der Waals surface area contributed by atoms with Gasteiger partial charge in [0.2, 0.25) is 0 Å². The van der Waals surface area contributed by atoms with Gasteiger partial charge in [-0.1, -0.05) is 33.1 Å². The second kappa shape index (κ2) is 6.33. The molecule has 1 saturated carbocycles. The normalized spacial score (nSPS) is 25.9. The van der Waals surface area contributed by atoms with E-state index in [1.165, 1.54) is 37.7 Å². The number of pyridine rings is 1. The summed E-state index contributed by atoms with van der Waals surface area (Å²) < 4.78 is 0. The zero-order chi connectivity index (χ0) is 13.0. The van der Waals surface area contributed by atoms with Crippen LogP contribution in [0.4, 0.5) is 0 Å². The van der Waals surface area contributed by atoms with Crippen LogP contribution in [0.3, 0.4) is 0 Å². The fourth-order valence-electron chi connectivity index (χ4n) is 3.19. The highest BCUT2D eigenvalue weighted by Gasteiger charge is 2.27. The Balaban J connectivity index is 2.05. The van der Waals surface area contributed by atoms with Crippen molar-refractivity contribution >= 4 is 0 Å². The molecule has 2 nitrogen and oxygen atoms in total. The standard InChI is InChI=1S/C16H25NO/c1-3-12-5-7-14(8-6-12)16(18)15-9-10-17-11-13(15)4-2/h9-12,14,16,18H,3-8H2,1-2H3. The highest BCUT2D eigenvalue weighted by molar-refractivity contribution is 5.26. The molecule has 1 N–H and O–H groups in total. The zero-order valence-corrected chi connectivity index (χ0v) is 11.6. The third kappa shape index (κ3) is 2.92. The minimum Gasteiger partial charge on any atom is -0.388 e. The lowest BCUT2D eigenvalue weighted by Gasteiger charge is -2.31. The molecule has 100 valence electrons. The Labute approximate surface area is 110 Å². The van der Waals surface area contributed by atoms with Gasteiger partial charge in [-0.15, -0.1) is 0 Å². The highest BCUT2D eigenvalue weighted by Crippen LogP contribution is 2.38. The predicted octanol–water partition coefficient (Wildman–Crippen LogP) is 3.89. The first-order valence-corrected chi connectivity index (χ1v) is 7.37. The van der Waals surface area contributed by atoms with E-state index < -0.39 is 0 Å². The van der Waals surface area contributed by atoms with E-state index in [0.717, 1.165) is 17.9 Å². The van der Waals surface area contributed by atoms with Gasteiger partial charge in [-0.2, -0.15) is 0 Å². The molecule has 1 unspecified atom stereocenters. The Bertz CT molecular complexity index is 369. The van der Waals surface area contributed by atoms with Crippen LogP contribution in [0.2, 0.25) is 0 Å². The summed E-state index contributed by atoms with van der Waals surface area (Å²) in [6, 6.07) is 2.00. The Morgan fingerprint density at radius 3 is 2.61 bits per heavy atom. The summed E-state index contributed by atoms with van der Waals surface area (Å²) in [7, 11) is 0. The van der Waals surface area contributed by atoms with Crippen LogP contribution < -0.4 is 0 Å². The van der Waals surface area contributed by atoms with Gasteiger partial charge in [-0.05, 0) is 48.3 Å². The first kappa shape index (κ1) is 13.5. The minimum atomic E-state index is -0.291. The highest BCUT2D eigenvalue weighted by atomic mass is 16.3. The van der Waals surface area contributed by atoms with Gasteiger partial charge in [0, 0.05) is 12.4 Å². The first-order valence-electron chi connectivity index (χ1n) is 7.37. The number of rotatable bonds is 4. The van der Waals surface area contributed by atoms with Crippen molar-refractivity contribution in [1.29, 1.82) is 0 Å². The van der Waals surface area contributed by atoms with E-state index in [1.54, 1.807) is 6.20 Å². The molecule has 1 aliphatic rings. The number of aromatic nitrogens is 1. The van der Waals surface area contributed by atoms with Crippen LogP contribution in [-0.2, 0) is 6.42 Å². The molecule has 1 aromatic rings. The Hall–Kier alpha value is -0.890. The van der Waals surface area contributed by atoms with Gasteiger partial charge in [0.05, 0.1) is 6.10 Å². The van der Waals surface area contributed by atoms with E-state index in [0.29, 0.717) is 5.92 Å². The molecule has 2 heteroatoms. The average Bonchev–Trinajstić information content (AvgIpc) is 2.46. The van der Waals surface area contributed by atoms with Crippen molar-refractivity contribution in [2.24, 2.45) is 11.8 Å². The van der Waals surface area contributed by atoms with Crippen molar-refractivity contribution in [3.05, 3.63) is 29.6 Å². The molecular formula is C16H25NO. The van der Waals surface area contributed by atoms with Crippen molar-refractivity contribution in [2.45, 2.75) is 58.5 Å². The number of aryl methyl sites for hydroxylation is 1. The number of aliphatic hydroxyl groups is 1. The summed E-state index contributed by atoms with van der Waals surface area (Å²) in [6.07, 6.45) is 10.6. The molecule has 0 spiro atoms. The number of hydrogen-bond donors (Lipinski definition) is 1. The topological polar surface area (TPSA) is 33.1 Å². The van der Waals surface area contributed by atoms with Crippen LogP contribution >= 0.6 is 0 Å². The molecule has 2 rings (SSSR count). The molecule has 1 fully saturated rings. The molecule has 0 aromatic carbocycles. The van der Waals surface area contributed by atoms with Gasteiger partial charge in [-0.3, -0.25) is 4.98 Å². The van der Waals surface area contributed by atoms with Gasteiger partial charge in [-0.25, -0.2) is 0 Å². The van der Waals surface area contributed by atoms with Crippen LogP contribution in [-0.4, -0.2) is 10.1 Å². The Morgan fingerprint density at radius 2 is 2.00 bits per heavy atom. The first-order chi connectivity index (χ1) is 8.76. The molecular weight excluding hydrogens is 222 g/mol. The van der Waals surface area contributed by atoms with E-state index in [2.05, 4.69) is 18.8 Å². The van der Waals surface area contributed by atoms with Crippen molar-refractivity contribution in [3.63, 3.8) is 0 Å². The zero-order valence-electron chi connectivity index (χ0n) is 11.6. The van der Waals surface area contributed by atoms with E-state index in [4.69, 9.17) is 0 Å².